The molecule has 4 heteroatoms. The van der Waals surface area contributed by atoms with Crippen molar-refractivity contribution < 1.29 is 0 Å². The van der Waals surface area contributed by atoms with E-state index in [1.165, 1.54) is 65.9 Å². The maximum atomic E-state index is 4.78. The predicted molar refractivity (Wildman–Crippen MR) is 165 cm³/mol. The van der Waals surface area contributed by atoms with Gasteiger partial charge >= 0.3 is 0 Å². The molecule has 0 bridgehead atoms. The van der Waals surface area contributed by atoms with E-state index in [-0.39, 0.29) is 0 Å². The Balaban J connectivity index is 1.43. The number of anilines is 2. The zero-order chi connectivity index (χ0) is 27.2. The van der Waals surface area contributed by atoms with Gasteiger partial charge in [-0.15, -0.1) is 0 Å². The molecule has 1 aliphatic carbocycles. The largest absolute Gasteiger partial charge is 0.378 e. The highest BCUT2D eigenvalue weighted by Gasteiger charge is 2.22. The molecule has 39 heavy (non-hydrogen) atoms. The van der Waals surface area contributed by atoms with E-state index in [0.717, 1.165) is 30.0 Å². The fourth-order valence-corrected chi connectivity index (χ4v) is 5.52. The van der Waals surface area contributed by atoms with Crippen LogP contribution in [0.3, 0.4) is 0 Å². The second-order valence-corrected chi connectivity index (χ2v) is 10.8. The Bertz CT molecular complexity index is 1380. The van der Waals surface area contributed by atoms with Crippen molar-refractivity contribution in [3.8, 4) is 22.4 Å². The van der Waals surface area contributed by atoms with Crippen LogP contribution < -0.4 is 9.80 Å². The Morgan fingerprint density at radius 3 is 2.18 bits per heavy atom. The van der Waals surface area contributed by atoms with Crippen molar-refractivity contribution >= 4 is 11.4 Å². The molecule has 4 nitrogen and oxygen atoms in total. The van der Waals surface area contributed by atoms with E-state index in [9.17, 15) is 0 Å². The van der Waals surface area contributed by atoms with Crippen molar-refractivity contribution in [1.82, 2.24) is 9.97 Å². The molecular formula is C35H40N4. The third-order valence-corrected chi connectivity index (χ3v) is 7.91. The van der Waals surface area contributed by atoms with Gasteiger partial charge in [0.2, 0.25) is 0 Å². The van der Waals surface area contributed by atoms with Crippen molar-refractivity contribution in [1.29, 1.82) is 0 Å². The van der Waals surface area contributed by atoms with Crippen LogP contribution in [0, 0.1) is 5.92 Å². The quantitative estimate of drug-likeness (QED) is 0.223. The van der Waals surface area contributed by atoms with Crippen LogP contribution in [-0.4, -0.2) is 24.1 Å². The SMILES string of the molecule is C=C(C1CCCCC1)N(Cc1ccc(-c2ccc(N(C)C)cc2)cc1)c1cccc(-c2ccnc(CC)n2)c1. The van der Waals surface area contributed by atoms with Gasteiger partial charge in [-0.2, -0.15) is 0 Å². The molecule has 1 aromatic heterocycles. The van der Waals surface area contributed by atoms with Gasteiger partial charge in [-0.25, -0.2) is 9.97 Å². The number of benzene rings is 3. The molecule has 0 atom stereocenters. The third-order valence-electron chi connectivity index (χ3n) is 7.91. The van der Waals surface area contributed by atoms with Crippen LogP contribution >= 0.6 is 0 Å². The molecule has 4 aromatic rings. The zero-order valence-corrected chi connectivity index (χ0v) is 23.6. The lowest BCUT2D eigenvalue weighted by Crippen LogP contribution is -2.27. The van der Waals surface area contributed by atoms with Crippen LogP contribution in [0.2, 0.25) is 0 Å². The topological polar surface area (TPSA) is 32.3 Å². The number of hydrogen-bond acceptors (Lipinski definition) is 4. The molecule has 0 aliphatic heterocycles. The highest BCUT2D eigenvalue weighted by Crippen LogP contribution is 2.35. The van der Waals surface area contributed by atoms with Gasteiger partial charge in [0.05, 0.1) is 5.69 Å². The van der Waals surface area contributed by atoms with Gasteiger partial charge in [0.1, 0.15) is 5.82 Å². The first kappa shape index (κ1) is 26.7. The van der Waals surface area contributed by atoms with Crippen LogP contribution in [0.15, 0.2) is 97.3 Å². The molecule has 0 N–H and O–H groups in total. The zero-order valence-electron chi connectivity index (χ0n) is 23.6. The minimum Gasteiger partial charge on any atom is -0.378 e. The number of aromatic nitrogens is 2. The summed E-state index contributed by atoms with van der Waals surface area (Å²) < 4.78 is 0. The second kappa shape index (κ2) is 12.3. The molecule has 0 spiro atoms. The number of aryl methyl sites for hydroxylation is 1. The highest BCUT2D eigenvalue weighted by molar-refractivity contribution is 5.68. The summed E-state index contributed by atoms with van der Waals surface area (Å²) in [6.07, 6.45) is 9.06. The minimum atomic E-state index is 0.530. The summed E-state index contributed by atoms with van der Waals surface area (Å²) in [5.41, 5.74) is 9.44. The number of nitrogens with zero attached hydrogens (tertiary/aromatic N) is 4. The van der Waals surface area contributed by atoms with Crippen LogP contribution in [0.1, 0.15) is 50.4 Å². The van der Waals surface area contributed by atoms with Gasteiger partial charge in [0.15, 0.2) is 0 Å². The van der Waals surface area contributed by atoms with Gasteiger partial charge in [0.25, 0.3) is 0 Å². The van der Waals surface area contributed by atoms with E-state index < -0.39 is 0 Å². The van der Waals surface area contributed by atoms with Crippen molar-refractivity contribution in [2.24, 2.45) is 5.92 Å². The first-order valence-electron chi connectivity index (χ1n) is 14.3. The number of allylic oxidation sites excluding steroid dienone is 1. The summed E-state index contributed by atoms with van der Waals surface area (Å²) in [6.45, 7) is 7.55. The summed E-state index contributed by atoms with van der Waals surface area (Å²) in [5, 5.41) is 0. The first-order valence-corrected chi connectivity index (χ1v) is 14.3. The maximum absolute atomic E-state index is 4.78. The molecule has 0 radical (unpaired) electrons. The Hall–Kier alpha value is -3.92. The molecular weight excluding hydrogens is 476 g/mol. The van der Waals surface area contributed by atoms with Gasteiger partial charge in [0, 0.05) is 55.9 Å². The Labute approximate surface area is 234 Å². The molecule has 3 aromatic carbocycles. The van der Waals surface area contributed by atoms with E-state index in [2.05, 4.69) is 115 Å². The maximum Gasteiger partial charge on any atom is 0.128 e. The van der Waals surface area contributed by atoms with E-state index in [4.69, 9.17) is 4.98 Å². The molecule has 1 fully saturated rings. The highest BCUT2D eigenvalue weighted by atomic mass is 15.1. The van der Waals surface area contributed by atoms with Crippen LogP contribution in [0.5, 0.6) is 0 Å². The van der Waals surface area contributed by atoms with Crippen LogP contribution in [0.25, 0.3) is 22.4 Å². The van der Waals surface area contributed by atoms with Crippen molar-refractivity contribution in [2.45, 2.75) is 52.0 Å². The fraction of sp³-hybridized carbons (Fsp3) is 0.314. The fourth-order valence-electron chi connectivity index (χ4n) is 5.52. The molecule has 0 unspecified atom stereocenters. The van der Waals surface area contributed by atoms with Crippen molar-refractivity contribution in [3.63, 3.8) is 0 Å². The Morgan fingerprint density at radius 1 is 0.821 bits per heavy atom. The normalized spacial score (nSPS) is 13.7. The Morgan fingerprint density at radius 2 is 1.51 bits per heavy atom. The van der Waals surface area contributed by atoms with Crippen LogP contribution in [-0.2, 0) is 13.0 Å². The average molecular weight is 517 g/mol. The predicted octanol–water partition coefficient (Wildman–Crippen LogP) is 8.54. The van der Waals surface area contributed by atoms with E-state index >= 15 is 0 Å². The molecule has 0 amide bonds. The van der Waals surface area contributed by atoms with E-state index in [0.29, 0.717) is 5.92 Å². The average Bonchev–Trinajstić information content (AvgIpc) is 3.00. The number of hydrogen-bond donors (Lipinski definition) is 0. The summed E-state index contributed by atoms with van der Waals surface area (Å²) in [4.78, 5) is 13.7. The monoisotopic (exact) mass is 516 g/mol. The smallest absolute Gasteiger partial charge is 0.128 e. The van der Waals surface area contributed by atoms with Gasteiger partial charge < -0.3 is 9.80 Å². The van der Waals surface area contributed by atoms with E-state index in [1.807, 2.05) is 12.3 Å². The van der Waals surface area contributed by atoms with Crippen molar-refractivity contribution in [3.05, 3.63) is 109 Å². The molecule has 1 aliphatic rings. The van der Waals surface area contributed by atoms with Crippen molar-refractivity contribution in [2.75, 3.05) is 23.9 Å². The lowest BCUT2D eigenvalue weighted by molar-refractivity contribution is 0.396. The summed E-state index contributed by atoms with van der Waals surface area (Å²) in [6, 6.07) is 28.5. The molecule has 1 saturated carbocycles. The molecule has 5 rings (SSSR count). The summed E-state index contributed by atoms with van der Waals surface area (Å²) in [5.74, 6) is 1.40. The third kappa shape index (κ3) is 6.39. The van der Waals surface area contributed by atoms with E-state index in [1.54, 1.807) is 0 Å². The molecule has 1 heterocycles. The first-order chi connectivity index (χ1) is 19.0. The van der Waals surface area contributed by atoms with Gasteiger partial charge in [-0.05, 0) is 65.8 Å². The number of rotatable bonds is 9. The molecule has 200 valence electrons. The van der Waals surface area contributed by atoms with Crippen LogP contribution in [0.4, 0.5) is 11.4 Å². The van der Waals surface area contributed by atoms with Gasteiger partial charge in [-0.1, -0.05) is 81.3 Å². The van der Waals surface area contributed by atoms with Gasteiger partial charge in [-0.3, -0.25) is 0 Å². The lowest BCUT2D eigenvalue weighted by atomic mass is 9.86. The second-order valence-electron chi connectivity index (χ2n) is 10.8. The summed E-state index contributed by atoms with van der Waals surface area (Å²) >= 11 is 0. The standard InChI is InChI=1S/C35H40N4/c1-5-35-36-23-22-34(37-35)31-12-9-13-33(24-31)39(26(2)28-10-7-6-8-11-28)25-27-14-16-29(17-15-27)30-18-20-32(21-19-30)38(3)4/h9,12-24,28H,2,5-8,10-11,25H2,1,3-4H3. The minimum absolute atomic E-state index is 0.530. The molecule has 0 saturated heterocycles. The Kier molecular flexibility index (Phi) is 8.41. The lowest BCUT2D eigenvalue weighted by Gasteiger charge is -2.34. The summed E-state index contributed by atoms with van der Waals surface area (Å²) in [7, 11) is 4.14.